The Morgan fingerprint density at radius 3 is 1.66 bits per heavy atom. The summed E-state index contributed by atoms with van der Waals surface area (Å²) in [7, 11) is -4.59. The van der Waals surface area contributed by atoms with Crippen LogP contribution in [0.4, 0.5) is 0 Å². The average Bonchev–Trinajstić information content (AvgIpc) is 2.94. The lowest BCUT2D eigenvalue weighted by Crippen LogP contribution is -2.34. The van der Waals surface area contributed by atoms with Crippen molar-refractivity contribution in [3.63, 3.8) is 0 Å². The zero-order chi connectivity index (χ0) is 30.6. The Morgan fingerprint density at radius 2 is 1.17 bits per heavy atom. The first-order chi connectivity index (χ1) is 19.7. The highest BCUT2D eigenvalue weighted by Crippen LogP contribution is 2.43. The van der Waals surface area contributed by atoms with E-state index in [0.717, 1.165) is 19.3 Å². The number of ether oxygens (including phenoxy) is 1. The van der Waals surface area contributed by atoms with Crippen molar-refractivity contribution in [2.75, 3.05) is 19.8 Å². The van der Waals surface area contributed by atoms with E-state index in [1.54, 1.807) is 0 Å². The highest BCUT2D eigenvalue weighted by molar-refractivity contribution is 7.47. The van der Waals surface area contributed by atoms with Gasteiger partial charge in [0.2, 0.25) is 0 Å². The molecule has 0 aromatic heterocycles. The van der Waals surface area contributed by atoms with Gasteiger partial charge in [0.25, 0.3) is 0 Å². The van der Waals surface area contributed by atoms with Gasteiger partial charge in [-0.2, -0.15) is 0 Å². The van der Waals surface area contributed by atoms with Crippen molar-refractivity contribution in [1.29, 1.82) is 0 Å². The van der Waals surface area contributed by atoms with Crippen molar-refractivity contribution in [1.82, 2.24) is 0 Å². The summed E-state index contributed by atoms with van der Waals surface area (Å²) >= 11 is 0. The number of carboxylic acid groups (broad SMARTS) is 1. The van der Waals surface area contributed by atoms with Crippen LogP contribution in [0.3, 0.4) is 0 Å². The molecule has 0 saturated heterocycles. The Hall–Kier alpha value is -1.29. The lowest BCUT2D eigenvalue weighted by atomic mass is 10.1. The van der Waals surface area contributed by atoms with Crippen LogP contribution in [0.1, 0.15) is 135 Å². The van der Waals surface area contributed by atoms with E-state index in [1.807, 2.05) is 0 Å². The minimum absolute atomic E-state index is 0.245. The van der Waals surface area contributed by atoms with Gasteiger partial charge < -0.3 is 25.6 Å². The van der Waals surface area contributed by atoms with Crippen LogP contribution >= 0.6 is 7.82 Å². The molecule has 0 radical (unpaired) electrons. The summed E-state index contributed by atoms with van der Waals surface area (Å²) in [4.78, 5) is 31.8. The first kappa shape index (κ1) is 39.7. The molecule has 5 N–H and O–H groups in total. The third-order valence-corrected chi connectivity index (χ3v) is 7.69. The summed E-state index contributed by atoms with van der Waals surface area (Å²) in [5.41, 5.74) is 5.17. The van der Waals surface area contributed by atoms with Gasteiger partial charge in [-0.1, -0.05) is 109 Å². The van der Waals surface area contributed by atoms with Gasteiger partial charge in [-0.25, -0.2) is 4.57 Å². The molecule has 0 aromatic carbocycles. The molecule has 0 heterocycles. The molecule has 10 nitrogen and oxygen atoms in total. The highest BCUT2D eigenvalue weighted by atomic mass is 31.2. The molecule has 3 atom stereocenters. The van der Waals surface area contributed by atoms with Crippen LogP contribution in [0.5, 0.6) is 0 Å². The second-order valence-electron chi connectivity index (χ2n) is 10.8. The van der Waals surface area contributed by atoms with Crippen LogP contribution in [-0.4, -0.2) is 59.0 Å². The van der Waals surface area contributed by atoms with E-state index in [0.29, 0.717) is 6.42 Å². The third kappa shape index (κ3) is 28.6. The van der Waals surface area contributed by atoms with E-state index in [-0.39, 0.29) is 13.0 Å². The SMILES string of the molecule is CCCCCCCCCC/C=C\CCCCCCCCCCCC(=O)OCC(O)COP(=O)(O)OCC(N)C(=O)O. The van der Waals surface area contributed by atoms with Gasteiger partial charge in [0.1, 0.15) is 18.8 Å². The van der Waals surface area contributed by atoms with Crippen LogP contribution in [0.2, 0.25) is 0 Å². The Labute approximate surface area is 248 Å². The number of allylic oxidation sites excluding steroid dienone is 2. The van der Waals surface area contributed by atoms with Crippen molar-refractivity contribution < 1.29 is 43.0 Å². The molecule has 11 heteroatoms. The first-order valence-electron chi connectivity index (χ1n) is 15.8. The maximum absolute atomic E-state index is 11.8. The predicted octanol–water partition coefficient (Wildman–Crippen LogP) is 6.81. The second kappa shape index (κ2) is 27.5. The fourth-order valence-electron chi connectivity index (χ4n) is 4.17. The van der Waals surface area contributed by atoms with Crippen molar-refractivity contribution in [2.45, 2.75) is 147 Å². The van der Waals surface area contributed by atoms with Crippen LogP contribution in [0.25, 0.3) is 0 Å². The number of carbonyl (C=O) groups is 2. The molecule has 0 aliphatic rings. The molecule has 0 saturated carbocycles. The Kier molecular flexibility index (Phi) is 26.7. The number of aliphatic hydroxyl groups excluding tert-OH is 1. The summed E-state index contributed by atoms with van der Waals surface area (Å²) in [5, 5.41) is 18.4. The fourth-order valence-corrected chi connectivity index (χ4v) is 4.96. The summed E-state index contributed by atoms with van der Waals surface area (Å²) in [5.74, 6) is -1.85. The molecule has 3 unspecified atom stereocenters. The van der Waals surface area contributed by atoms with Crippen LogP contribution in [-0.2, 0) is 27.9 Å². The number of phosphoric acid groups is 1. The number of hydrogen-bond acceptors (Lipinski definition) is 8. The van der Waals surface area contributed by atoms with Gasteiger partial charge >= 0.3 is 19.8 Å². The number of phosphoric ester groups is 1. The van der Waals surface area contributed by atoms with Crippen LogP contribution < -0.4 is 5.73 Å². The number of nitrogens with two attached hydrogens (primary N) is 1. The van der Waals surface area contributed by atoms with Gasteiger partial charge in [0, 0.05) is 6.42 Å². The Morgan fingerprint density at radius 1 is 0.732 bits per heavy atom. The quantitative estimate of drug-likeness (QED) is 0.0295. The minimum atomic E-state index is -4.59. The summed E-state index contributed by atoms with van der Waals surface area (Å²) < 4.78 is 25.6. The molecule has 0 aliphatic carbocycles. The summed E-state index contributed by atoms with van der Waals surface area (Å²) in [6, 6.07) is -1.48. The number of aliphatic carboxylic acids is 1. The molecule has 0 amide bonds. The summed E-state index contributed by atoms with van der Waals surface area (Å²) in [6.45, 7) is 0.519. The second-order valence-corrected chi connectivity index (χ2v) is 12.3. The zero-order valence-electron chi connectivity index (χ0n) is 25.4. The molecule has 0 fully saturated rings. The third-order valence-electron chi connectivity index (χ3n) is 6.74. The number of carbonyl (C=O) groups excluding carboxylic acids is 1. The standard InChI is InChI=1S/C30H58NO9P/c1-2-3-4-5-6-7-8-9-10-11-12-13-14-15-16-17-18-19-20-21-22-23-29(33)38-24-27(32)25-39-41(36,37)40-26-28(31)30(34)35/h11-12,27-28,32H,2-10,13-26,31H2,1H3,(H,34,35)(H,36,37)/b12-11-. The lowest BCUT2D eigenvalue weighted by Gasteiger charge is -2.16. The van der Waals surface area contributed by atoms with Gasteiger partial charge in [0.15, 0.2) is 0 Å². The maximum Gasteiger partial charge on any atom is 0.472 e. The Balaban J connectivity index is 3.48. The number of carboxylic acids is 1. The van der Waals surface area contributed by atoms with E-state index < -0.39 is 45.1 Å². The molecule has 0 spiro atoms. The molecular weight excluding hydrogens is 549 g/mol. The molecule has 0 aromatic rings. The Bertz CT molecular complexity index is 720. The zero-order valence-corrected chi connectivity index (χ0v) is 26.3. The summed E-state index contributed by atoms with van der Waals surface area (Å²) in [6.07, 6.45) is 27.2. The highest BCUT2D eigenvalue weighted by Gasteiger charge is 2.26. The van der Waals surface area contributed by atoms with E-state index in [4.69, 9.17) is 15.6 Å². The smallest absolute Gasteiger partial charge is 0.472 e. The number of hydrogen-bond donors (Lipinski definition) is 4. The van der Waals surface area contributed by atoms with E-state index in [9.17, 15) is 24.2 Å². The van der Waals surface area contributed by atoms with E-state index in [2.05, 4.69) is 28.1 Å². The van der Waals surface area contributed by atoms with Gasteiger partial charge in [-0.3, -0.25) is 18.6 Å². The molecular formula is C30H58NO9P. The number of aliphatic hydroxyl groups is 1. The fraction of sp³-hybridized carbons (Fsp3) is 0.867. The molecule has 0 bridgehead atoms. The molecule has 242 valence electrons. The molecule has 41 heavy (non-hydrogen) atoms. The monoisotopic (exact) mass is 607 g/mol. The van der Waals surface area contributed by atoms with E-state index in [1.165, 1.54) is 96.3 Å². The van der Waals surface area contributed by atoms with Gasteiger partial charge in [-0.05, 0) is 32.1 Å². The van der Waals surface area contributed by atoms with Crippen LogP contribution in [0, 0.1) is 0 Å². The average molecular weight is 608 g/mol. The van der Waals surface area contributed by atoms with Crippen molar-refractivity contribution in [3.05, 3.63) is 12.2 Å². The molecule has 0 aliphatic heterocycles. The lowest BCUT2D eigenvalue weighted by molar-refractivity contribution is -0.147. The largest absolute Gasteiger partial charge is 0.480 e. The first-order valence-corrected chi connectivity index (χ1v) is 17.3. The van der Waals surface area contributed by atoms with Crippen LogP contribution in [0.15, 0.2) is 12.2 Å². The minimum Gasteiger partial charge on any atom is -0.480 e. The number of esters is 1. The number of rotatable bonds is 30. The normalized spacial score (nSPS) is 14.6. The van der Waals surface area contributed by atoms with E-state index >= 15 is 0 Å². The molecule has 0 rings (SSSR count). The van der Waals surface area contributed by atoms with Gasteiger partial charge in [-0.15, -0.1) is 0 Å². The number of unbranched alkanes of at least 4 members (excludes halogenated alkanes) is 17. The van der Waals surface area contributed by atoms with Crippen molar-refractivity contribution in [2.24, 2.45) is 5.73 Å². The van der Waals surface area contributed by atoms with Crippen molar-refractivity contribution in [3.8, 4) is 0 Å². The van der Waals surface area contributed by atoms with Gasteiger partial charge in [0.05, 0.1) is 13.2 Å². The predicted molar refractivity (Wildman–Crippen MR) is 161 cm³/mol. The topological polar surface area (TPSA) is 166 Å². The maximum atomic E-state index is 11.8. The van der Waals surface area contributed by atoms with Crippen molar-refractivity contribution >= 4 is 19.8 Å².